The van der Waals surface area contributed by atoms with Crippen molar-refractivity contribution in [1.29, 1.82) is 0 Å². The van der Waals surface area contributed by atoms with E-state index in [1.807, 2.05) is 60.7 Å². The molecular formula is C36H60O4Ti. The van der Waals surface area contributed by atoms with Gasteiger partial charge in [0.15, 0.2) is 0 Å². The van der Waals surface area contributed by atoms with Gasteiger partial charge in [-0.1, -0.05) is 13.8 Å². The summed E-state index contributed by atoms with van der Waals surface area (Å²) in [7, 11) is 0. The molecule has 0 aliphatic rings. The molecule has 0 unspecified atom stereocenters. The molecular weight excluding hydrogens is 544 g/mol. The third-order valence-corrected chi connectivity index (χ3v) is 10.8. The van der Waals surface area contributed by atoms with E-state index in [4.69, 9.17) is 13.3 Å². The fourth-order valence-corrected chi connectivity index (χ4v) is 8.14. The Kier molecular flexibility index (Phi) is 22.0. The monoisotopic (exact) mass is 604 g/mol. The average Bonchev–Trinajstić information content (AvgIpc) is 3.00. The van der Waals surface area contributed by atoms with E-state index in [0.29, 0.717) is 13.2 Å². The van der Waals surface area contributed by atoms with Crippen LogP contribution in [0.4, 0.5) is 0 Å². The molecule has 0 spiro atoms. The summed E-state index contributed by atoms with van der Waals surface area (Å²) < 4.78 is 26.1. The molecule has 5 heteroatoms. The summed E-state index contributed by atoms with van der Waals surface area (Å²) in [5.74, 6) is 1.49. The first kappa shape index (κ1) is 35.9. The van der Waals surface area contributed by atoms with Gasteiger partial charge >= 0.3 is 245 Å². The van der Waals surface area contributed by atoms with Gasteiger partial charge in [0, 0.05) is 0 Å². The molecule has 0 N–H and O–H groups in total. The van der Waals surface area contributed by atoms with Crippen molar-refractivity contribution < 1.29 is 31.4 Å². The molecule has 0 bridgehead atoms. The van der Waals surface area contributed by atoms with Gasteiger partial charge in [-0.05, 0) is 0 Å². The zero-order valence-electron chi connectivity index (χ0n) is 26.5. The molecule has 2 aromatic rings. The number of rotatable bonds is 28. The molecule has 0 aliphatic carbocycles. The minimum atomic E-state index is -4.11. The van der Waals surface area contributed by atoms with Crippen LogP contribution < -0.4 is 6.64 Å². The number of para-hydroxylation sites is 2. The third kappa shape index (κ3) is 18.7. The van der Waals surface area contributed by atoms with Crippen LogP contribution in [0.25, 0.3) is 0 Å². The van der Waals surface area contributed by atoms with Crippen molar-refractivity contribution in [3.05, 3.63) is 60.7 Å². The van der Waals surface area contributed by atoms with Crippen LogP contribution in [0.1, 0.15) is 142 Å². The van der Waals surface area contributed by atoms with E-state index in [0.717, 1.165) is 24.3 Å². The maximum absolute atomic E-state index is 6.52. The first-order chi connectivity index (χ1) is 20.3. The Morgan fingerprint density at radius 2 is 0.683 bits per heavy atom. The van der Waals surface area contributed by atoms with Gasteiger partial charge in [-0.3, -0.25) is 0 Å². The molecule has 0 saturated carbocycles. The van der Waals surface area contributed by atoms with Gasteiger partial charge in [0.25, 0.3) is 0 Å². The summed E-state index contributed by atoms with van der Waals surface area (Å²) >= 11 is -4.11. The zero-order valence-corrected chi connectivity index (χ0v) is 28.0. The molecule has 0 atom stereocenters. The zero-order chi connectivity index (χ0) is 29.1. The Labute approximate surface area is 258 Å². The van der Waals surface area contributed by atoms with E-state index in [1.165, 1.54) is 116 Å². The van der Waals surface area contributed by atoms with Crippen LogP contribution in [0.2, 0.25) is 0 Å². The van der Waals surface area contributed by atoms with Crippen LogP contribution in [-0.4, -0.2) is 13.2 Å². The van der Waals surface area contributed by atoms with E-state index < -0.39 is 18.1 Å². The summed E-state index contributed by atoms with van der Waals surface area (Å²) in [6, 6.07) is 19.8. The van der Waals surface area contributed by atoms with E-state index in [2.05, 4.69) is 13.8 Å². The first-order valence-corrected chi connectivity index (χ1v) is 19.6. The Hall–Kier alpha value is -1.33. The molecule has 0 aromatic heterocycles. The van der Waals surface area contributed by atoms with E-state index >= 15 is 0 Å². The second-order valence-electron chi connectivity index (χ2n) is 11.4. The second-order valence-corrected chi connectivity index (χ2v) is 14.5. The predicted molar refractivity (Wildman–Crippen MR) is 170 cm³/mol. The van der Waals surface area contributed by atoms with Gasteiger partial charge in [-0.25, -0.2) is 0 Å². The van der Waals surface area contributed by atoms with Crippen LogP contribution >= 0.6 is 0 Å². The Balaban J connectivity index is 1.84. The van der Waals surface area contributed by atoms with Crippen LogP contribution in [0, 0.1) is 0 Å². The number of benzene rings is 2. The third-order valence-electron chi connectivity index (χ3n) is 7.53. The molecule has 0 fully saturated rings. The summed E-state index contributed by atoms with van der Waals surface area (Å²) in [6.07, 6.45) is 25.9. The van der Waals surface area contributed by atoms with Crippen LogP contribution in [0.15, 0.2) is 60.7 Å². The minimum absolute atomic E-state index is 0.605. The van der Waals surface area contributed by atoms with Gasteiger partial charge in [0.2, 0.25) is 0 Å². The average molecular weight is 605 g/mol. The molecule has 2 aromatic carbocycles. The Bertz CT molecular complexity index is 747. The summed E-state index contributed by atoms with van der Waals surface area (Å²) in [5.41, 5.74) is 0. The molecule has 2 rings (SSSR count). The van der Waals surface area contributed by atoms with Gasteiger partial charge < -0.3 is 0 Å². The Morgan fingerprint density at radius 1 is 0.390 bits per heavy atom. The topological polar surface area (TPSA) is 36.9 Å². The number of hydrogen-bond donors (Lipinski definition) is 0. The van der Waals surface area contributed by atoms with Crippen molar-refractivity contribution in [3.8, 4) is 11.5 Å². The van der Waals surface area contributed by atoms with Gasteiger partial charge in [-0.2, -0.15) is 0 Å². The Morgan fingerprint density at radius 3 is 1.00 bits per heavy atom. The van der Waals surface area contributed by atoms with Crippen molar-refractivity contribution in [2.24, 2.45) is 0 Å². The molecule has 4 nitrogen and oxygen atoms in total. The summed E-state index contributed by atoms with van der Waals surface area (Å²) in [4.78, 5) is 0. The molecule has 0 radical (unpaired) electrons. The summed E-state index contributed by atoms with van der Waals surface area (Å²) in [6.45, 7) is 5.77. The van der Waals surface area contributed by atoms with Gasteiger partial charge in [-0.15, -0.1) is 0 Å². The molecule has 41 heavy (non-hydrogen) atoms. The van der Waals surface area contributed by atoms with Crippen LogP contribution in [-0.2, 0) is 24.8 Å². The standard InChI is InChI=1S/2C12H25O.2C6H6O.Ti/c2*1-2-3-4-5-6-7-8-9-10-11-12-13;2*7-6-4-2-1-3-5-6;/h2*2-12H2,1H3;2*1-5,7H;/q2*-1;;;+4/p-2. The fourth-order valence-electron chi connectivity index (χ4n) is 5.02. The summed E-state index contributed by atoms with van der Waals surface area (Å²) in [5, 5.41) is 0. The SMILES string of the molecule is CCCCCCCCCCCC[O][Ti]([O]CCCCCCCCCCCC)([O]c1ccccc1)[O]c1ccccc1. The van der Waals surface area contributed by atoms with Crippen molar-refractivity contribution >= 4 is 0 Å². The van der Waals surface area contributed by atoms with E-state index in [-0.39, 0.29) is 0 Å². The van der Waals surface area contributed by atoms with Crippen molar-refractivity contribution in [2.75, 3.05) is 13.2 Å². The normalized spacial score (nSPS) is 11.6. The molecule has 0 saturated heterocycles. The van der Waals surface area contributed by atoms with Gasteiger partial charge in [0.05, 0.1) is 0 Å². The van der Waals surface area contributed by atoms with Crippen molar-refractivity contribution in [3.63, 3.8) is 0 Å². The molecule has 232 valence electrons. The van der Waals surface area contributed by atoms with Crippen LogP contribution in [0.5, 0.6) is 11.5 Å². The number of unbranched alkanes of at least 4 members (excludes halogenated alkanes) is 18. The molecule has 0 heterocycles. The van der Waals surface area contributed by atoms with E-state index in [9.17, 15) is 0 Å². The second kappa shape index (κ2) is 25.2. The van der Waals surface area contributed by atoms with E-state index in [1.54, 1.807) is 0 Å². The first-order valence-electron chi connectivity index (χ1n) is 17.0. The molecule has 0 aliphatic heterocycles. The predicted octanol–water partition coefficient (Wildman–Crippen LogP) is 11.8. The molecule has 0 amide bonds. The van der Waals surface area contributed by atoms with Gasteiger partial charge in [0.1, 0.15) is 0 Å². The van der Waals surface area contributed by atoms with Crippen molar-refractivity contribution in [1.82, 2.24) is 0 Å². The maximum atomic E-state index is 6.52. The fraction of sp³-hybridized carbons (Fsp3) is 0.667. The quantitative estimate of drug-likeness (QED) is 0.0715. The number of hydrogen-bond acceptors (Lipinski definition) is 4. The van der Waals surface area contributed by atoms with Crippen LogP contribution in [0.3, 0.4) is 0 Å². The van der Waals surface area contributed by atoms with Crippen molar-refractivity contribution in [2.45, 2.75) is 142 Å².